The normalized spacial score (nSPS) is 10.1. The van der Waals surface area contributed by atoms with Crippen LogP contribution in [0.2, 0.25) is 0 Å². The van der Waals surface area contributed by atoms with Crippen LogP contribution in [0.25, 0.3) is 0 Å². The van der Waals surface area contributed by atoms with E-state index in [-0.39, 0.29) is 12.2 Å². The van der Waals surface area contributed by atoms with Gasteiger partial charge in [-0.2, -0.15) is 0 Å². The van der Waals surface area contributed by atoms with E-state index in [2.05, 4.69) is 15.6 Å². The largest absolute Gasteiger partial charge is 0.478 e. The zero-order valence-corrected chi connectivity index (χ0v) is 11.9. The Kier molecular flexibility index (Phi) is 5.24. The van der Waals surface area contributed by atoms with Crippen LogP contribution >= 0.6 is 0 Å². The number of rotatable bonds is 5. The van der Waals surface area contributed by atoms with E-state index in [0.717, 1.165) is 18.2 Å². The average Bonchev–Trinajstić information content (AvgIpc) is 2.50. The molecule has 0 saturated carbocycles. The Labute approximate surface area is 126 Å². The quantitative estimate of drug-likeness (QED) is 0.892. The minimum Gasteiger partial charge on any atom is -0.478 e. The van der Waals surface area contributed by atoms with Crippen LogP contribution in [0.1, 0.15) is 12.5 Å². The molecule has 7 heteroatoms. The highest BCUT2D eigenvalue weighted by atomic mass is 19.1. The number of ether oxygens (including phenoxy) is 1. The third-order valence-corrected chi connectivity index (χ3v) is 2.75. The van der Waals surface area contributed by atoms with Crippen LogP contribution < -0.4 is 15.4 Å². The maximum atomic E-state index is 13.4. The van der Waals surface area contributed by atoms with Crippen molar-refractivity contribution in [1.82, 2.24) is 10.3 Å². The highest BCUT2D eigenvalue weighted by Crippen LogP contribution is 2.16. The lowest BCUT2D eigenvalue weighted by molar-refractivity contribution is 0.251. The minimum atomic E-state index is -0.715. The molecule has 0 spiro atoms. The van der Waals surface area contributed by atoms with Gasteiger partial charge in [0, 0.05) is 24.4 Å². The van der Waals surface area contributed by atoms with Gasteiger partial charge in [0.1, 0.15) is 11.6 Å². The van der Waals surface area contributed by atoms with E-state index >= 15 is 0 Å². The van der Waals surface area contributed by atoms with Crippen LogP contribution in [0.4, 0.5) is 19.3 Å². The monoisotopic (exact) mass is 307 g/mol. The van der Waals surface area contributed by atoms with Crippen molar-refractivity contribution in [2.75, 3.05) is 11.9 Å². The predicted octanol–water partition coefficient (Wildman–Crippen LogP) is 3.08. The molecule has 116 valence electrons. The van der Waals surface area contributed by atoms with Crippen molar-refractivity contribution in [3.63, 3.8) is 0 Å². The van der Waals surface area contributed by atoms with Crippen molar-refractivity contribution in [2.24, 2.45) is 0 Å². The Morgan fingerprint density at radius 1 is 1.32 bits per heavy atom. The topological polar surface area (TPSA) is 63.2 Å². The first-order chi connectivity index (χ1) is 10.6. The van der Waals surface area contributed by atoms with Gasteiger partial charge in [-0.25, -0.2) is 18.6 Å². The number of urea groups is 1. The van der Waals surface area contributed by atoms with Crippen LogP contribution in [0.3, 0.4) is 0 Å². The molecule has 5 nitrogen and oxygen atoms in total. The lowest BCUT2D eigenvalue weighted by atomic mass is 10.2. The summed E-state index contributed by atoms with van der Waals surface area (Å²) in [5.41, 5.74) is 0.452. The third kappa shape index (κ3) is 4.15. The number of carbonyl (C=O) groups excluding carboxylic acids is 1. The Morgan fingerprint density at radius 3 is 2.91 bits per heavy atom. The molecule has 0 fully saturated rings. The fourth-order valence-corrected chi connectivity index (χ4v) is 1.76. The van der Waals surface area contributed by atoms with Gasteiger partial charge < -0.3 is 15.4 Å². The van der Waals surface area contributed by atoms with Crippen LogP contribution in [0, 0.1) is 11.6 Å². The van der Waals surface area contributed by atoms with Crippen molar-refractivity contribution in [2.45, 2.75) is 13.5 Å². The number of amides is 2. The van der Waals surface area contributed by atoms with Gasteiger partial charge >= 0.3 is 6.03 Å². The van der Waals surface area contributed by atoms with Gasteiger partial charge in [-0.3, -0.25) is 0 Å². The summed E-state index contributed by atoms with van der Waals surface area (Å²) in [4.78, 5) is 15.8. The molecule has 0 bridgehead atoms. The van der Waals surface area contributed by atoms with Crippen molar-refractivity contribution in [3.8, 4) is 5.88 Å². The first-order valence-corrected chi connectivity index (χ1v) is 6.66. The number of carbonyl (C=O) groups is 1. The van der Waals surface area contributed by atoms with Crippen molar-refractivity contribution in [1.29, 1.82) is 0 Å². The van der Waals surface area contributed by atoms with Gasteiger partial charge in [0.15, 0.2) is 0 Å². The van der Waals surface area contributed by atoms with Crippen LogP contribution in [0.5, 0.6) is 5.88 Å². The number of halogens is 2. The lowest BCUT2D eigenvalue weighted by Gasteiger charge is -2.11. The summed E-state index contributed by atoms with van der Waals surface area (Å²) in [7, 11) is 0. The Balaban J connectivity index is 1.97. The second-order valence-corrected chi connectivity index (χ2v) is 4.33. The molecule has 0 aliphatic carbocycles. The van der Waals surface area contributed by atoms with E-state index in [4.69, 9.17) is 4.74 Å². The highest BCUT2D eigenvalue weighted by Gasteiger charge is 2.09. The maximum Gasteiger partial charge on any atom is 0.319 e. The molecule has 0 saturated heterocycles. The second-order valence-electron chi connectivity index (χ2n) is 4.33. The lowest BCUT2D eigenvalue weighted by Crippen LogP contribution is -2.28. The van der Waals surface area contributed by atoms with E-state index in [0.29, 0.717) is 18.1 Å². The minimum absolute atomic E-state index is 0.145. The number of anilines is 1. The number of hydrogen-bond acceptors (Lipinski definition) is 3. The first kappa shape index (κ1) is 15.7. The van der Waals surface area contributed by atoms with Crippen LogP contribution in [0.15, 0.2) is 36.5 Å². The smallest absolute Gasteiger partial charge is 0.319 e. The molecule has 0 atom stereocenters. The zero-order valence-electron chi connectivity index (χ0n) is 11.9. The van der Waals surface area contributed by atoms with Gasteiger partial charge in [-0.1, -0.05) is 6.07 Å². The van der Waals surface area contributed by atoms with Crippen molar-refractivity contribution >= 4 is 11.7 Å². The van der Waals surface area contributed by atoms with Gasteiger partial charge in [0.25, 0.3) is 0 Å². The summed E-state index contributed by atoms with van der Waals surface area (Å²) in [5, 5.41) is 4.78. The molecule has 0 aliphatic rings. The van der Waals surface area contributed by atoms with Crippen molar-refractivity contribution in [3.05, 3.63) is 53.7 Å². The van der Waals surface area contributed by atoms with Crippen LogP contribution in [-0.2, 0) is 6.54 Å². The third-order valence-electron chi connectivity index (χ3n) is 2.75. The summed E-state index contributed by atoms with van der Waals surface area (Å²) < 4.78 is 31.8. The molecule has 2 aromatic rings. The summed E-state index contributed by atoms with van der Waals surface area (Å²) in [6.07, 6.45) is 1.58. The fraction of sp³-hybridized carbons (Fsp3) is 0.200. The molecule has 0 radical (unpaired) electrons. The first-order valence-electron chi connectivity index (χ1n) is 6.66. The molecule has 1 aromatic heterocycles. The van der Waals surface area contributed by atoms with Gasteiger partial charge in [-0.05, 0) is 25.1 Å². The molecule has 1 aromatic carbocycles. The van der Waals surface area contributed by atoms with E-state index in [1.807, 2.05) is 6.92 Å². The van der Waals surface area contributed by atoms with Gasteiger partial charge in [0.2, 0.25) is 5.88 Å². The average molecular weight is 307 g/mol. The Morgan fingerprint density at radius 2 is 2.14 bits per heavy atom. The van der Waals surface area contributed by atoms with E-state index < -0.39 is 17.7 Å². The molecule has 22 heavy (non-hydrogen) atoms. The maximum absolute atomic E-state index is 13.4. The summed E-state index contributed by atoms with van der Waals surface area (Å²) >= 11 is 0. The summed E-state index contributed by atoms with van der Waals surface area (Å²) in [5.74, 6) is -0.933. The molecule has 0 unspecified atom stereocenters. The predicted molar refractivity (Wildman–Crippen MR) is 77.6 cm³/mol. The van der Waals surface area contributed by atoms with E-state index in [1.165, 1.54) is 0 Å². The van der Waals surface area contributed by atoms with Gasteiger partial charge in [0.05, 0.1) is 12.3 Å². The number of hydrogen-bond donors (Lipinski definition) is 2. The highest BCUT2D eigenvalue weighted by molar-refractivity contribution is 5.89. The number of pyridine rings is 1. The van der Waals surface area contributed by atoms with Gasteiger partial charge in [-0.15, -0.1) is 0 Å². The molecule has 0 aliphatic heterocycles. The number of nitrogens with zero attached hydrogens (tertiary/aromatic N) is 1. The molecular formula is C15H15F2N3O2. The molecule has 1 heterocycles. The summed E-state index contributed by atoms with van der Waals surface area (Å²) in [6.45, 7) is 2.42. The molecule has 2 N–H and O–H groups in total. The molecule has 2 amide bonds. The van der Waals surface area contributed by atoms with E-state index in [1.54, 1.807) is 18.3 Å². The SMILES string of the molecule is CCOc1ncccc1CNC(=O)Nc1cc(F)ccc1F. The van der Waals surface area contributed by atoms with Crippen molar-refractivity contribution < 1.29 is 18.3 Å². The van der Waals surface area contributed by atoms with E-state index in [9.17, 15) is 13.6 Å². The summed E-state index contributed by atoms with van der Waals surface area (Å²) in [6, 6.07) is 5.63. The van der Waals surface area contributed by atoms with Crippen LogP contribution in [-0.4, -0.2) is 17.6 Å². The Hall–Kier alpha value is -2.70. The molecular weight excluding hydrogens is 292 g/mol. The number of nitrogens with one attached hydrogen (secondary N) is 2. The number of benzene rings is 1. The zero-order chi connectivity index (χ0) is 15.9. The molecule has 2 rings (SSSR count). The number of aromatic nitrogens is 1. The Bertz CT molecular complexity index is 665. The second kappa shape index (κ2) is 7.35. The standard InChI is InChI=1S/C15H15F2N3O2/c1-2-22-14-10(4-3-7-18-14)9-19-15(21)20-13-8-11(16)5-6-12(13)17/h3-8H,2,9H2,1H3,(H2,19,20,21). The fourth-order valence-electron chi connectivity index (χ4n) is 1.76.